The highest BCUT2D eigenvalue weighted by Gasteiger charge is 2.35. The van der Waals surface area contributed by atoms with Crippen molar-refractivity contribution in [1.82, 2.24) is 19.9 Å². The highest BCUT2D eigenvalue weighted by molar-refractivity contribution is 7.10. The van der Waals surface area contributed by atoms with Crippen LogP contribution in [0.15, 0.2) is 63.9 Å². The van der Waals surface area contributed by atoms with Gasteiger partial charge in [0.05, 0.1) is 18.8 Å². The van der Waals surface area contributed by atoms with Gasteiger partial charge in [0.1, 0.15) is 11.5 Å². The Morgan fingerprint density at radius 3 is 2.63 bits per heavy atom. The lowest BCUT2D eigenvalue weighted by molar-refractivity contribution is -0.134. The molecule has 0 bridgehead atoms. The normalized spacial score (nSPS) is 19.9. The van der Waals surface area contributed by atoms with Crippen LogP contribution in [-0.4, -0.2) is 64.2 Å². The first-order chi connectivity index (χ1) is 14.8. The molecule has 154 valence electrons. The lowest BCUT2D eigenvalue weighted by atomic mass is 10.1. The van der Waals surface area contributed by atoms with Gasteiger partial charge in [0.15, 0.2) is 0 Å². The summed E-state index contributed by atoms with van der Waals surface area (Å²) in [5.74, 6) is 1.48. The second-order valence-electron chi connectivity index (χ2n) is 7.31. The average Bonchev–Trinajstić information content (AvgIpc) is 3.56. The molecular formula is C21H22N6O2S. The van der Waals surface area contributed by atoms with Crippen LogP contribution in [0.2, 0.25) is 0 Å². The van der Waals surface area contributed by atoms with Crippen molar-refractivity contribution in [2.45, 2.75) is 12.5 Å². The maximum atomic E-state index is 13.2. The van der Waals surface area contributed by atoms with Gasteiger partial charge >= 0.3 is 0 Å². The van der Waals surface area contributed by atoms with E-state index in [1.54, 1.807) is 35.0 Å². The summed E-state index contributed by atoms with van der Waals surface area (Å²) in [5.41, 5.74) is 0.817. The molecule has 0 N–H and O–H groups in total. The van der Waals surface area contributed by atoms with Crippen LogP contribution in [0, 0.1) is 0 Å². The number of furan rings is 1. The third kappa shape index (κ3) is 3.86. The number of amides is 1. The molecule has 9 heteroatoms. The first-order valence-electron chi connectivity index (χ1n) is 9.99. The Balaban J connectivity index is 1.26. The third-order valence-corrected chi connectivity index (χ3v) is 6.38. The fourth-order valence-electron chi connectivity index (χ4n) is 3.86. The summed E-state index contributed by atoms with van der Waals surface area (Å²) >= 11 is 1.65. The van der Waals surface area contributed by atoms with Crippen molar-refractivity contribution >= 4 is 28.9 Å². The van der Waals surface area contributed by atoms with Gasteiger partial charge in [-0.2, -0.15) is 5.10 Å². The van der Waals surface area contributed by atoms with Crippen molar-refractivity contribution in [3.05, 3.63) is 65.0 Å². The van der Waals surface area contributed by atoms with Gasteiger partial charge < -0.3 is 9.32 Å². The maximum Gasteiger partial charge on any atom is 0.257 e. The fourth-order valence-corrected chi connectivity index (χ4v) is 4.67. The molecule has 5 rings (SSSR count). The predicted octanol–water partition coefficient (Wildman–Crippen LogP) is 2.63. The molecule has 1 fully saturated rings. The molecule has 1 amide bonds. The number of hydrazone groups is 1. The van der Waals surface area contributed by atoms with Crippen molar-refractivity contribution < 1.29 is 9.21 Å². The van der Waals surface area contributed by atoms with E-state index in [2.05, 4.69) is 30.9 Å². The summed E-state index contributed by atoms with van der Waals surface area (Å²) in [6.07, 6.45) is 5.81. The van der Waals surface area contributed by atoms with Gasteiger partial charge in [-0.05, 0) is 29.6 Å². The first-order valence-corrected chi connectivity index (χ1v) is 10.9. The Morgan fingerprint density at radius 2 is 1.93 bits per heavy atom. The smallest absolute Gasteiger partial charge is 0.257 e. The standard InChI is InChI=1S/C21H22N6O2S/c28-20(15-25-8-10-26(11-9-25)21-22-6-3-7-23-21)27-17(19-5-2-13-30-19)14-16(24-27)18-4-1-12-29-18/h1-7,12-13,17H,8-11,14-15H2. The molecule has 0 aromatic carbocycles. The molecule has 1 atom stereocenters. The highest BCUT2D eigenvalue weighted by atomic mass is 32.1. The second kappa shape index (κ2) is 8.37. The zero-order valence-corrected chi connectivity index (χ0v) is 17.2. The maximum absolute atomic E-state index is 13.2. The molecule has 0 spiro atoms. The van der Waals surface area contributed by atoms with E-state index in [9.17, 15) is 4.79 Å². The van der Waals surface area contributed by atoms with Crippen molar-refractivity contribution in [2.75, 3.05) is 37.6 Å². The number of thiophene rings is 1. The monoisotopic (exact) mass is 422 g/mol. The van der Waals surface area contributed by atoms with Crippen LogP contribution in [0.1, 0.15) is 23.1 Å². The Labute approximate surface area is 178 Å². The van der Waals surface area contributed by atoms with E-state index in [1.165, 1.54) is 0 Å². The van der Waals surface area contributed by atoms with Gasteiger partial charge in [0, 0.05) is 49.9 Å². The lowest BCUT2D eigenvalue weighted by Gasteiger charge is -2.35. The summed E-state index contributed by atoms with van der Waals surface area (Å²) in [4.78, 5) is 27.3. The van der Waals surface area contributed by atoms with Gasteiger partial charge in [-0.3, -0.25) is 9.69 Å². The van der Waals surface area contributed by atoms with Crippen molar-refractivity contribution in [1.29, 1.82) is 0 Å². The Bertz CT molecular complexity index is 998. The molecule has 1 unspecified atom stereocenters. The molecule has 8 nitrogen and oxygen atoms in total. The fraction of sp³-hybridized carbons (Fsp3) is 0.333. The van der Waals surface area contributed by atoms with Crippen LogP contribution in [0.5, 0.6) is 0 Å². The molecule has 0 aliphatic carbocycles. The number of hydrogen-bond acceptors (Lipinski definition) is 8. The molecule has 2 aliphatic heterocycles. The van der Waals surface area contributed by atoms with Gasteiger partial charge in [-0.15, -0.1) is 11.3 Å². The Hall–Kier alpha value is -3.04. The third-order valence-electron chi connectivity index (χ3n) is 5.41. The highest BCUT2D eigenvalue weighted by Crippen LogP contribution is 2.35. The van der Waals surface area contributed by atoms with Gasteiger partial charge in [0.2, 0.25) is 5.95 Å². The van der Waals surface area contributed by atoms with E-state index < -0.39 is 0 Å². The zero-order chi connectivity index (χ0) is 20.3. The predicted molar refractivity (Wildman–Crippen MR) is 114 cm³/mol. The summed E-state index contributed by atoms with van der Waals surface area (Å²) in [7, 11) is 0. The first kappa shape index (κ1) is 19.0. The second-order valence-corrected chi connectivity index (χ2v) is 8.29. The lowest BCUT2D eigenvalue weighted by Crippen LogP contribution is -2.50. The van der Waals surface area contributed by atoms with E-state index in [-0.39, 0.29) is 11.9 Å². The van der Waals surface area contributed by atoms with Crippen molar-refractivity contribution in [3.63, 3.8) is 0 Å². The molecule has 5 heterocycles. The van der Waals surface area contributed by atoms with Crippen molar-refractivity contribution in [2.24, 2.45) is 5.10 Å². The van der Waals surface area contributed by atoms with Crippen molar-refractivity contribution in [3.8, 4) is 0 Å². The molecule has 0 saturated carbocycles. The van der Waals surface area contributed by atoms with Crippen LogP contribution in [0.3, 0.4) is 0 Å². The van der Waals surface area contributed by atoms with Gasteiger partial charge in [-0.1, -0.05) is 6.07 Å². The van der Waals surface area contributed by atoms with Crippen LogP contribution in [0.25, 0.3) is 0 Å². The molecule has 0 radical (unpaired) electrons. The minimum atomic E-state index is -0.0726. The Kier molecular flexibility index (Phi) is 5.29. The molecule has 1 saturated heterocycles. The number of rotatable bonds is 5. The number of piperazine rings is 1. The molecule has 2 aliphatic rings. The van der Waals surface area contributed by atoms with E-state index in [0.29, 0.717) is 13.0 Å². The number of carbonyl (C=O) groups excluding carboxylic acids is 1. The summed E-state index contributed by atoms with van der Waals surface area (Å²) in [6.45, 7) is 3.52. The quantitative estimate of drug-likeness (QED) is 0.629. The number of aromatic nitrogens is 2. The minimum absolute atomic E-state index is 0.0133. The summed E-state index contributed by atoms with van der Waals surface area (Å²) in [6, 6.07) is 9.56. The minimum Gasteiger partial charge on any atom is -0.463 e. The SMILES string of the molecule is O=C(CN1CCN(c2ncccn2)CC1)N1N=C(c2ccco2)CC1c1cccs1. The van der Waals surface area contributed by atoms with Crippen LogP contribution < -0.4 is 4.90 Å². The molecule has 30 heavy (non-hydrogen) atoms. The molecular weight excluding hydrogens is 400 g/mol. The average molecular weight is 423 g/mol. The van der Waals surface area contributed by atoms with Gasteiger partial charge in [-0.25, -0.2) is 15.0 Å². The molecule has 3 aromatic heterocycles. The van der Waals surface area contributed by atoms with E-state index in [0.717, 1.165) is 48.5 Å². The molecule has 3 aromatic rings. The van der Waals surface area contributed by atoms with Crippen LogP contribution >= 0.6 is 11.3 Å². The summed E-state index contributed by atoms with van der Waals surface area (Å²) in [5, 5.41) is 8.34. The van der Waals surface area contributed by atoms with Gasteiger partial charge in [0.25, 0.3) is 5.91 Å². The number of nitrogens with zero attached hydrogens (tertiary/aromatic N) is 6. The topological polar surface area (TPSA) is 78.1 Å². The number of anilines is 1. The number of hydrogen-bond donors (Lipinski definition) is 0. The largest absolute Gasteiger partial charge is 0.463 e. The Morgan fingerprint density at radius 1 is 1.10 bits per heavy atom. The van der Waals surface area contributed by atoms with E-state index in [1.807, 2.05) is 29.6 Å². The zero-order valence-electron chi connectivity index (χ0n) is 16.4. The summed E-state index contributed by atoms with van der Waals surface area (Å²) < 4.78 is 5.52. The van der Waals surface area contributed by atoms with Crippen LogP contribution in [-0.2, 0) is 4.79 Å². The van der Waals surface area contributed by atoms with E-state index >= 15 is 0 Å². The van der Waals surface area contributed by atoms with E-state index in [4.69, 9.17) is 4.42 Å². The van der Waals surface area contributed by atoms with Crippen LogP contribution in [0.4, 0.5) is 5.95 Å². The number of carbonyl (C=O) groups is 1.